The molecular weight excluding hydrogens is 499 g/mol. The zero-order valence-corrected chi connectivity index (χ0v) is 20.8. The number of aryl methyl sites for hydroxylation is 2. The van der Waals surface area contributed by atoms with Crippen molar-refractivity contribution in [2.75, 3.05) is 26.2 Å². The number of alkyl halides is 5. The molecule has 1 unspecified atom stereocenters. The first kappa shape index (κ1) is 28.5. The molecule has 7 nitrogen and oxygen atoms in total. The van der Waals surface area contributed by atoms with Crippen LogP contribution in [0.5, 0.6) is 0 Å². The van der Waals surface area contributed by atoms with Crippen molar-refractivity contribution >= 4 is 11.9 Å². The molecule has 12 heteroatoms. The van der Waals surface area contributed by atoms with Gasteiger partial charge in [0.1, 0.15) is 0 Å². The highest BCUT2D eigenvalue weighted by Gasteiger charge is 2.55. The highest BCUT2D eigenvalue weighted by atomic mass is 19.4. The number of nitrogens with zero attached hydrogens (tertiary/aromatic N) is 4. The normalized spacial score (nSPS) is 22.0. The molecular formula is C25H31F5N4O3. The Labute approximate surface area is 211 Å². The number of carbonyl (C=O) groups excluding carboxylic acids is 1. The van der Waals surface area contributed by atoms with Gasteiger partial charge in [0.15, 0.2) is 0 Å². The standard InChI is InChI=1S/C23H30F2N4O.C2HF3O2/c1-18-13-20(27(2)26-18)14-29-11-6-10-22(21(29)30)15-23(24,25)17-28(16-22)12-9-19-7-4-3-5-8-19;3-2(4,5)1(6)7/h3-5,7-8,13H,6,9-12,14-17H2,1-2H3;(H,6,7). The maximum absolute atomic E-state index is 14.8. The molecule has 1 spiro atoms. The Kier molecular flexibility index (Phi) is 8.61. The number of likely N-dealkylation sites (tertiary alicyclic amines) is 2. The van der Waals surface area contributed by atoms with Gasteiger partial charge in [-0.15, -0.1) is 0 Å². The minimum Gasteiger partial charge on any atom is -0.475 e. The maximum atomic E-state index is 14.8. The Morgan fingerprint density at radius 1 is 1.16 bits per heavy atom. The summed E-state index contributed by atoms with van der Waals surface area (Å²) >= 11 is 0. The minimum absolute atomic E-state index is 0.128. The highest BCUT2D eigenvalue weighted by Crippen LogP contribution is 2.45. The van der Waals surface area contributed by atoms with Crippen LogP contribution in [-0.2, 0) is 29.6 Å². The number of aliphatic carboxylic acids is 1. The van der Waals surface area contributed by atoms with Crippen molar-refractivity contribution in [3.63, 3.8) is 0 Å². The summed E-state index contributed by atoms with van der Waals surface area (Å²) in [6.45, 7) is 3.63. The van der Waals surface area contributed by atoms with E-state index in [0.717, 1.165) is 23.4 Å². The number of hydrogen-bond donors (Lipinski definition) is 1. The van der Waals surface area contributed by atoms with Crippen LogP contribution in [0, 0.1) is 12.3 Å². The number of carbonyl (C=O) groups is 2. The monoisotopic (exact) mass is 530 g/mol. The first-order chi connectivity index (χ1) is 17.2. The molecule has 0 saturated carbocycles. The molecule has 1 N–H and O–H groups in total. The van der Waals surface area contributed by atoms with Crippen molar-refractivity contribution in [1.82, 2.24) is 19.6 Å². The number of rotatable bonds is 5. The van der Waals surface area contributed by atoms with Crippen LogP contribution < -0.4 is 0 Å². The molecule has 2 aliphatic rings. The second-order valence-corrected chi connectivity index (χ2v) is 9.79. The van der Waals surface area contributed by atoms with Gasteiger partial charge in [0.2, 0.25) is 5.91 Å². The SMILES string of the molecule is Cc1cc(CN2CCCC3(CN(CCc4ccccc4)CC(F)(F)C3)C2=O)n(C)n1.O=C(O)C(F)(F)F. The number of aromatic nitrogens is 2. The van der Waals surface area contributed by atoms with Crippen LogP contribution in [0.4, 0.5) is 22.0 Å². The Hall–Kier alpha value is -3.02. The van der Waals surface area contributed by atoms with Crippen LogP contribution in [0.2, 0.25) is 0 Å². The number of amides is 1. The van der Waals surface area contributed by atoms with E-state index < -0.39 is 23.5 Å². The molecule has 4 rings (SSSR count). The third-order valence-electron chi connectivity index (χ3n) is 6.66. The highest BCUT2D eigenvalue weighted by molar-refractivity contribution is 5.84. The smallest absolute Gasteiger partial charge is 0.475 e. The van der Waals surface area contributed by atoms with Gasteiger partial charge < -0.3 is 10.0 Å². The number of halogens is 5. The quantitative estimate of drug-likeness (QED) is 0.591. The third-order valence-corrected chi connectivity index (χ3v) is 6.66. The summed E-state index contributed by atoms with van der Waals surface area (Å²) in [5, 5.41) is 11.5. The van der Waals surface area contributed by atoms with Crippen molar-refractivity contribution in [1.29, 1.82) is 0 Å². The summed E-state index contributed by atoms with van der Waals surface area (Å²) in [4.78, 5) is 25.9. The van der Waals surface area contributed by atoms with Crippen molar-refractivity contribution in [3.8, 4) is 0 Å². The molecule has 3 heterocycles. The Bertz CT molecular complexity index is 1090. The van der Waals surface area contributed by atoms with E-state index in [9.17, 15) is 26.7 Å². The number of benzene rings is 1. The summed E-state index contributed by atoms with van der Waals surface area (Å²) in [6, 6.07) is 11.9. The zero-order chi connectivity index (χ0) is 27.4. The van der Waals surface area contributed by atoms with E-state index in [0.29, 0.717) is 39.0 Å². The molecule has 1 aromatic carbocycles. The fraction of sp³-hybridized carbons (Fsp3) is 0.560. The van der Waals surface area contributed by atoms with Crippen molar-refractivity contribution in [2.24, 2.45) is 12.5 Å². The van der Waals surface area contributed by atoms with Gasteiger partial charge in [-0.05, 0) is 37.8 Å². The zero-order valence-electron chi connectivity index (χ0n) is 20.8. The largest absolute Gasteiger partial charge is 0.490 e. The average Bonchev–Trinajstić information content (AvgIpc) is 3.11. The molecule has 1 aromatic heterocycles. The molecule has 1 atom stereocenters. The van der Waals surface area contributed by atoms with Gasteiger partial charge in [0.25, 0.3) is 5.92 Å². The van der Waals surface area contributed by atoms with Gasteiger partial charge in [0, 0.05) is 33.1 Å². The summed E-state index contributed by atoms with van der Waals surface area (Å²) in [5.41, 5.74) is 1.96. The van der Waals surface area contributed by atoms with Gasteiger partial charge in [-0.25, -0.2) is 13.6 Å². The van der Waals surface area contributed by atoms with E-state index in [1.807, 2.05) is 50.4 Å². The van der Waals surface area contributed by atoms with Gasteiger partial charge >= 0.3 is 12.1 Å². The molecule has 204 valence electrons. The molecule has 0 radical (unpaired) electrons. The first-order valence-corrected chi connectivity index (χ1v) is 11.9. The fourth-order valence-corrected chi connectivity index (χ4v) is 5.13. The van der Waals surface area contributed by atoms with Crippen molar-refractivity contribution < 1.29 is 36.6 Å². The lowest BCUT2D eigenvalue weighted by atomic mass is 9.71. The molecule has 2 aromatic rings. The first-order valence-electron chi connectivity index (χ1n) is 11.9. The van der Waals surface area contributed by atoms with Gasteiger partial charge in [-0.3, -0.25) is 14.4 Å². The molecule has 0 bridgehead atoms. The summed E-state index contributed by atoms with van der Waals surface area (Å²) in [5.74, 6) is -5.74. The third kappa shape index (κ3) is 7.50. The van der Waals surface area contributed by atoms with Crippen LogP contribution in [-0.4, -0.2) is 74.8 Å². The summed E-state index contributed by atoms with van der Waals surface area (Å²) in [6.07, 6.45) is -3.43. The lowest BCUT2D eigenvalue weighted by Gasteiger charge is -2.49. The van der Waals surface area contributed by atoms with E-state index in [1.165, 1.54) is 0 Å². The lowest BCUT2D eigenvalue weighted by Crippen LogP contribution is -2.61. The number of piperidine rings is 2. The van der Waals surface area contributed by atoms with Crippen molar-refractivity contribution in [2.45, 2.75) is 51.3 Å². The van der Waals surface area contributed by atoms with Crippen LogP contribution in [0.25, 0.3) is 0 Å². The van der Waals surface area contributed by atoms with Crippen LogP contribution in [0.1, 0.15) is 36.2 Å². The number of carboxylic acids is 1. The Morgan fingerprint density at radius 3 is 2.38 bits per heavy atom. The van der Waals surface area contributed by atoms with Crippen LogP contribution >= 0.6 is 0 Å². The lowest BCUT2D eigenvalue weighted by molar-refractivity contribution is -0.192. The Morgan fingerprint density at radius 2 is 1.81 bits per heavy atom. The van der Waals surface area contributed by atoms with E-state index >= 15 is 0 Å². The second-order valence-electron chi connectivity index (χ2n) is 9.79. The fourth-order valence-electron chi connectivity index (χ4n) is 5.13. The minimum atomic E-state index is -5.08. The molecule has 2 saturated heterocycles. The van der Waals surface area contributed by atoms with E-state index in [2.05, 4.69) is 5.10 Å². The van der Waals surface area contributed by atoms with Crippen LogP contribution in [0.3, 0.4) is 0 Å². The van der Waals surface area contributed by atoms with Gasteiger partial charge in [0.05, 0.1) is 29.9 Å². The van der Waals surface area contributed by atoms with E-state index in [4.69, 9.17) is 9.90 Å². The molecule has 37 heavy (non-hydrogen) atoms. The molecule has 2 fully saturated rings. The topological polar surface area (TPSA) is 78.7 Å². The predicted octanol–water partition coefficient (Wildman–Crippen LogP) is 4.05. The van der Waals surface area contributed by atoms with Gasteiger partial charge in [-0.2, -0.15) is 18.3 Å². The molecule has 0 aliphatic carbocycles. The summed E-state index contributed by atoms with van der Waals surface area (Å²) < 4.78 is 63.1. The molecule has 1 amide bonds. The Balaban J connectivity index is 0.000000479. The number of hydrogen-bond acceptors (Lipinski definition) is 4. The molecule has 2 aliphatic heterocycles. The maximum Gasteiger partial charge on any atom is 0.490 e. The van der Waals surface area contributed by atoms with Gasteiger partial charge in [-0.1, -0.05) is 30.3 Å². The van der Waals surface area contributed by atoms with E-state index in [1.54, 1.807) is 14.5 Å². The second kappa shape index (κ2) is 11.2. The van der Waals surface area contributed by atoms with E-state index in [-0.39, 0.29) is 18.9 Å². The summed E-state index contributed by atoms with van der Waals surface area (Å²) in [7, 11) is 1.85. The van der Waals surface area contributed by atoms with Crippen LogP contribution in [0.15, 0.2) is 36.4 Å². The van der Waals surface area contributed by atoms with Crippen molar-refractivity contribution in [3.05, 3.63) is 53.3 Å². The average molecular weight is 531 g/mol. The number of carboxylic acid groups (broad SMARTS) is 1. The predicted molar refractivity (Wildman–Crippen MR) is 125 cm³/mol.